The molecule has 0 aromatic rings. The van der Waals surface area contributed by atoms with E-state index in [-0.39, 0.29) is 12.5 Å². The second kappa shape index (κ2) is 5.88. The Bertz CT molecular complexity index is 353. The Hall–Kier alpha value is -1.14. The molecule has 0 radical (unpaired) electrons. The van der Waals surface area contributed by atoms with Crippen molar-refractivity contribution in [1.29, 1.82) is 0 Å². The third-order valence-electron chi connectivity index (χ3n) is 3.91. The third kappa shape index (κ3) is 2.60. The van der Waals surface area contributed by atoms with Gasteiger partial charge in [-0.1, -0.05) is 13.3 Å². The van der Waals surface area contributed by atoms with Crippen LogP contribution in [0, 0.1) is 0 Å². The highest BCUT2D eigenvalue weighted by molar-refractivity contribution is 5.90. The number of aliphatic carboxylic acids is 1. The molecule has 2 aliphatic heterocycles. The number of carbonyl (C=O) groups excluding carboxylic acids is 1. The summed E-state index contributed by atoms with van der Waals surface area (Å²) in [6, 6.07) is 0. The molecule has 1 N–H and O–H groups in total. The first-order valence-electron chi connectivity index (χ1n) is 6.86. The van der Waals surface area contributed by atoms with E-state index < -0.39 is 17.6 Å². The summed E-state index contributed by atoms with van der Waals surface area (Å²) in [6.45, 7) is 3.52. The van der Waals surface area contributed by atoms with Gasteiger partial charge in [0.05, 0.1) is 19.8 Å². The highest BCUT2D eigenvalue weighted by atomic mass is 16.6. The largest absolute Gasteiger partial charge is 0.479 e. The summed E-state index contributed by atoms with van der Waals surface area (Å²) >= 11 is 0. The van der Waals surface area contributed by atoms with Crippen molar-refractivity contribution in [3.05, 3.63) is 0 Å². The molecule has 6 nitrogen and oxygen atoms in total. The number of ether oxygens (including phenoxy) is 2. The van der Waals surface area contributed by atoms with Gasteiger partial charge in [0, 0.05) is 6.54 Å². The number of carboxylic acid groups (broad SMARTS) is 1. The van der Waals surface area contributed by atoms with Gasteiger partial charge >= 0.3 is 5.97 Å². The molecule has 0 aromatic heterocycles. The quantitative estimate of drug-likeness (QED) is 0.812. The van der Waals surface area contributed by atoms with Gasteiger partial charge in [-0.2, -0.15) is 0 Å². The lowest BCUT2D eigenvalue weighted by atomic mass is 9.90. The molecule has 2 atom stereocenters. The minimum Gasteiger partial charge on any atom is -0.479 e. The maximum atomic E-state index is 12.5. The van der Waals surface area contributed by atoms with Crippen molar-refractivity contribution >= 4 is 11.9 Å². The molecule has 0 saturated carbocycles. The van der Waals surface area contributed by atoms with Gasteiger partial charge < -0.3 is 19.5 Å². The highest BCUT2D eigenvalue weighted by Crippen LogP contribution is 2.35. The van der Waals surface area contributed by atoms with Crippen LogP contribution in [0.2, 0.25) is 0 Å². The van der Waals surface area contributed by atoms with Crippen molar-refractivity contribution in [3.63, 3.8) is 0 Å². The minimum atomic E-state index is -1.05. The van der Waals surface area contributed by atoms with E-state index >= 15 is 0 Å². The first-order valence-corrected chi connectivity index (χ1v) is 6.86. The van der Waals surface area contributed by atoms with Gasteiger partial charge in [0.1, 0.15) is 5.54 Å². The van der Waals surface area contributed by atoms with E-state index in [1.807, 2.05) is 6.92 Å². The molecule has 0 spiro atoms. The van der Waals surface area contributed by atoms with E-state index in [1.54, 1.807) is 0 Å². The van der Waals surface area contributed by atoms with E-state index in [0.29, 0.717) is 32.6 Å². The average Bonchev–Trinajstić information content (AvgIpc) is 2.84. The van der Waals surface area contributed by atoms with E-state index in [1.165, 1.54) is 4.90 Å². The van der Waals surface area contributed by atoms with Crippen LogP contribution in [-0.4, -0.2) is 59.9 Å². The van der Waals surface area contributed by atoms with Crippen molar-refractivity contribution < 1.29 is 24.2 Å². The van der Waals surface area contributed by atoms with Gasteiger partial charge in [-0.15, -0.1) is 0 Å². The summed E-state index contributed by atoms with van der Waals surface area (Å²) in [4.78, 5) is 25.6. The van der Waals surface area contributed by atoms with Gasteiger partial charge in [-0.05, 0) is 19.3 Å². The van der Waals surface area contributed by atoms with E-state index in [0.717, 1.165) is 12.8 Å². The molecule has 108 valence electrons. The topological polar surface area (TPSA) is 76.1 Å². The first kappa shape index (κ1) is 14.3. The zero-order valence-corrected chi connectivity index (χ0v) is 11.3. The standard InChI is InChI=1S/C13H21NO5/c1-2-4-13(12(16)17)5-3-6-14(13)11(15)10-9-18-7-8-19-10/h10H,2-9H2,1H3,(H,16,17). The van der Waals surface area contributed by atoms with Crippen LogP contribution in [-0.2, 0) is 19.1 Å². The zero-order chi connectivity index (χ0) is 13.9. The third-order valence-corrected chi connectivity index (χ3v) is 3.91. The van der Waals surface area contributed by atoms with E-state index in [9.17, 15) is 14.7 Å². The molecule has 2 heterocycles. The predicted molar refractivity (Wildman–Crippen MR) is 66.8 cm³/mol. The number of rotatable bonds is 4. The van der Waals surface area contributed by atoms with Crippen LogP contribution in [0.5, 0.6) is 0 Å². The van der Waals surface area contributed by atoms with Crippen LogP contribution in [0.25, 0.3) is 0 Å². The maximum Gasteiger partial charge on any atom is 0.329 e. The Labute approximate surface area is 112 Å². The van der Waals surface area contributed by atoms with Gasteiger partial charge in [0.15, 0.2) is 6.10 Å². The summed E-state index contributed by atoms with van der Waals surface area (Å²) < 4.78 is 10.6. The molecular formula is C13H21NO5. The molecular weight excluding hydrogens is 250 g/mol. The number of hydrogen-bond acceptors (Lipinski definition) is 4. The number of likely N-dealkylation sites (tertiary alicyclic amines) is 1. The summed E-state index contributed by atoms with van der Waals surface area (Å²) in [6.07, 6.45) is 1.82. The minimum absolute atomic E-state index is 0.219. The van der Waals surface area contributed by atoms with Crippen molar-refractivity contribution in [3.8, 4) is 0 Å². The number of carbonyl (C=O) groups is 2. The monoisotopic (exact) mass is 271 g/mol. The second-order valence-corrected chi connectivity index (χ2v) is 5.11. The second-order valence-electron chi connectivity index (χ2n) is 5.11. The Morgan fingerprint density at radius 3 is 2.79 bits per heavy atom. The van der Waals surface area contributed by atoms with Gasteiger partial charge in [0.25, 0.3) is 5.91 Å². The zero-order valence-electron chi connectivity index (χ0n) is 11.3. The van der Waals surface area contributed by atoms with Crippen LogP contribution < -0.4 is 0 Å². The normalized spacial score (nSPS) is 31.4. The Morgan fingerprint density at radius 1 is 1.42 bits per heavy atom. The number of carboxylic acids is 1. The lowest BCUT2D eigenvalue weighted by molar-refractivity contribution is -0.170. The highest BCUT2D eigenvalue weighted by Gasteiger charge is 2.50. The molecule has 2 rings (SSSR count). The summed E-state index contributed by atoms with van der Waals surface area (Å²) in [5.74, 6) is -1.15. The fourth-order valence-electron chi connectivity index (χ4n) is 3.01. The fraction of sp³-hybridized carbons (Fsp3) is 0.846. The molecule has 2 aliphatic rings. The Kier molecular flexibility index (Phi) is 4.42. The van der Waals surface area contributed by atoms with Crippen LogP contribution in [0.3, 0.4) is 0 Å². The van der Waals surface area contributed by atoms with Crippen LogP contribution in [0.1, 0.15) is 32.6 Å². The van der Waals surface area contributed by atoms with E-state index in [4.69, 9.17) is 9.47 Å². The van der Waals surface area contributed by atoms with Crippen LogP contribution in [0.4, 0.5) is 0 Å². The lowest BCUT2D eigenvalue weighted by Gasteiger charge is -2.37. The number of nitrogens with zero attached hydrogens (tertiary/aromatic N) is 1. The van der Waals surface area contributed by atoms with E-state index in [2.05, 4.69) is 0 Å². The van der Waals surface area contributed by atoms with Crippen LogP contribution in [0.15, 0.2) is 0 Å². The smallest absolute Gasteiger partial charge is 0.329 e. The predicted octanol–water partition coefficient (Wildman–Crippen LogP) is 0.648. The van der Waals surface area contributed by atoms with Crippen LogP contribution >= 0.6 is 0 Å². The van der Waals surface area contributed by atoms with Crippen molar-refractivity contribution in [2.75, 3.05) is 26.4 Å². The molecule has 19 heavy (non-hydrogen) atoms. The Balaban J connectivity index is 2.16. The molecule has 0 aromatic carbocycles. The lowest BCUT2D eigenvalue weighted by Crippen LogP contribution is -2.57. The van der Waals surface area contributed by atoms with Crippen molar-refractivity contribution in [1.82, 2.24) is 4.90 Å². The summed E-state index contributed by atoms with van der Waals surface area (Å²) in [5.41, 5.74) is -1.05. The number of hydrogen-bond donors (Lipinski definition) is 1. The molecule has 0 bridgehead atoms. The summed E-state index contributed by atoms with van der Waals surface area (Å²) in [5, 5.41) is 9.55. The maximum absolute atomic E-state index is 12.5. The number of amides is 1. The summed E-state index contributed by atoms with van der Waals surface area (Å²) in [7, 11) is 0. The molecule has 6 heteroatoms. The molecule has 2 fully saturated rings. The molecule has 2 unspecified atom stereocenters. The Morgan fingerprint density at radius 2 is 2.21 bits per heavy atom. The van der Waals surface area contributed by atoms with Crippen molar-refractivity contribution in [2.24, 2.45) is 0 Å². The first-order chi connectivity index (χ1) is 9.12. The SMILES string of the molecule is CCCC1(C(=O)O)CCCN1C(=O)C1COCCO1. The molecule has 0 aliphatic carbocycles. The van der Waals surface area contributed by atoms with Crippen molar-refractivity contribution in [2.45, 2.75) is 44.2 Å². The fourth-order valence-corrected chi connectivity index (χ4v) is 3.01. The molecule has 1 amide bonds. The molecule has 2 saturated heterocycles. The van der Waals surface area contributed by atoms with Gasteiger partial charge in [-0.25, -0.2) is 4.79 Å². The van der Waals surface area contributed by atoms with Gasteiger partial charge in [-0.3, -0.25) is 4.79 Å². The average molecular weight is 271 g/mol. The van der Waals surface area contributed by atoms with Gasteiger partial charge in [0.2, 0.25) is 0 Å².